The van der Waals surface area contributed by atoms with Gasteiger partial charge in [0.25, 0.3) is 0 Å². The second-order valence-corrected chi connectivity index (χ2v) is 6.29. The van der Waals surface area contributed by atoms with Gasteiger partial charge in [0.05, 0.1) is 17.4 Å². The van der Waals surface area contributed by atoms with E-state index in [1.807, 2.05) is 4.68 Å². The third-order valence-electron chi connectivity index (χ3n) is 5.08. The third-order valence-corrected chi connectivity index (χ3v) is 5.08. The van der Waals surface area contributed by atoms with E-state index in [2.05, 4.69) is 22.1 Å². The van der Waals surface area contributed by atoms with Crippen molar-refractivity contribution < 1.29 is 5.11 Å². The summed E-state index contributed by atoms with van der Waals surface area (Å²) in [4.78, 5) is 2.54. The van der Waals surface area contributed by atoms with E-state index in [1.54, 1.807) is 6.20 Å². The number of aryl methyl sites for hydroxylation is 1. The Morgan fingerprint density at radius 1 is 1.25 bits per heavy atom. The van der Waals surface area contributed by atoms with E-state index in [0.717, 1.165) is 44.6 Å². The molecule has 5 heteroatoms. The van der Waals surface area contributed by atoms with Gasteiger partial charge in [-0.2, -0.15) is 0 Å². The van der Waals surface area contributed by atoms with Gasteiger partial charge in [-0.15, -0.1) is 5.10 Å². The number of hydrogen-bond acceptors (Lipinski definition) is 4. The van der Waals surface area contributed by atoms with Crippen molar-refractivity contribution in [3.05, 3.63) is 11.9 Å². The molecule has 1 aliphatic carbocycles. The number of aromatic nitrogens is 3. The van der Waals surface area contributed by atoms with Gasteiger partial charge in [0.2, 0.25) is 0 Å². The Morgan fingerprint density at radius 3 is 2.60 bits per heavy atom. The first-order valence-corrected chi connectivity index (χ1v) is 8.09. The van der Waals surface area contributed by atoms with Gasteiger partial charge < -0.3 is 5.11 Å². The average Bonchev–Trinajstić information content (AvgIpc) is 3.20. The normalized spacial score (nSPS) is 24.3. The molecule has 1 atom stereocenters. The van der Waals surface area contributed by atoms with E-state index in [9.17, 15) is 5.11 Å². The van der Waals surface area contributed by atoms with Crippen LogP contribution in [-0.4, -0.2) is 43.6 Å². The van der Waals surface area contributed by atoms with Gasteiger partial charge in [0, 0.05) is 6.54 Å². The molecule has 2 fully saturated rings. The highest BCUT2D eigenvalue weighted by molar-refractivity contribution is 5.12. The zero-order chi connectivity index (χ0) is 14.0. The molecule has 2 aliphatic rings. The van der Waals surface area contributed by atoms with Crippen molar-refractivity contribution in [2.75, 3.05) is 13.1 Å². The maximum Gasteiger partial charge on any atom is 0.116 e. The van der Waals surface area contributed by atoms with E-state index >= 15 is 0 Å². The van der Waals surface area contributed by atoms with Crippen LogP contribution in [0.15, 0.2) is 6.20 Å². The van der Waals surface area contributed by atoms with Crippen molar-refractivity contribution >= 4 is 0 Å². The van der Waals surface area contributed by atoms with Crippen molar-refractivity contribution in [1.82, 2.24) is 19.9 Å². The van der Waals surface area contributed by atoms with E-state index in [4.69, 9.17) is 0 Å². The molecule has 20 heavy (non-hydrogen) atoms. The highest BCUT2D eigenvalue weighted by Crippen LogP contribution is 2.45. The molecule has 1 aromatic rings. The van der Waals surface area contributed by atoms with Crippen LogP contribution in [0.5, 0.6) is 0 Å². The third kappa shape index (κ3) is 2.27. The number of aliphatic hydroxyl groups excluding tert-OH is 1. The van der Waals surface area contributed by atoms with Crippen molar-refractivity contribution in [1.29, 1.82) is 0 Å². The van der Waals surface area contributed by atoms with E-state index < -0.39 is 6.10 Å². The molecule has 1 saturated heterocycles. The fourth-order valence-electron chi connectivity index (χ4n) is 4.05. The summed E-state index contributed by atoms with van der Waals surface area (Å²) in [7, 11) is 0. The minimum absolute atomic E-state index is 0.0658. The maximum absolute atomic E-state index is 11.1. The molecule has 1 N–H and O–H groups in total. The Hall–Kier alpha value is -0.940. The van der Waals surface area contributed by atoms with Crippen molar-refractivity contribution in [3.8, 4) is 0 Å². The van der Waals surface area contributed by atoms with Crippen LogP contribution in [0.1, 0.15) is 63.7 Å². The van der Waals surface area contributed by atoms with Crippen LogP contribution in [-0.2, 0) is 6.54 Å². The molecule has 0 aromatic carbocycles. The van der Waals surface area contributed by atoms with Gasteiger partial charge in [-0.3, -0.25) is 4.90 Å². The van der Waals surface area contributed by atoms with E-state index in [-0.39, 0.29) is 5.54 Å². The smallest absolute Gasteiger partial charge is 0.116 e. The fourth-order valence-corrected chi connectivity index (χ4v) is 4.05. The number of hydrogen-bond donors (Lipinski definition) is 1. The predicted octanol–water partition coefficient (Wildman–Crippen LogP) is 2.13. The van der Waals surface area contributed by atoms with Crippen LogP contribution < -0.4 is 0 Å². The Kier molecular flexibility index (Phi) is 4.08. The lowest BCUT2D eigenvalue weighted by Crippen LogP contribution is -2.50. The molecule has 1 saturated carbocycles. The molecule has 0 bridgehead atoms. The van der Waals surface area contributed by atoms with Gasteiger partial charge in [-0.05, 0) is 45.2 Å². The number of likely N-dealkylation sites (tertiary alicyclic amines) is 1. The Labute approximate surface area is 121 Å². The Bertz CT molecular complexity index is 433. The zero-order valence-electron chi connectivity index (χ0n) is 12.5. The average molecular weight is 278 g/mol. The van der Waals surface area contributed by atoms with Crippen molar-refractivity contribution in [2.45, 2.75) is 70.1 Å². The van der Waals surface area contributed by atoms with E-state index in [0.29, 0.717) is 0 Å². The maximum atomic E-state index is 11.1. The molecule has 1 unspecified atom stereocenters. The molecule has 1 aromatic heterocycles. The summed E-state index contributed by atoms with van der Waals surface area (Å²) in [5.41, 5.74) is 0.838. The molecule has 5 nitrogen and oxygen atoms in total. The lowest BCUT2D eigenvalue weighted by atomic mass is 9.86. The monoisotopic (exact) mass is 278 g/mol. The summed E-state index contributed by atoms with van der Waals surface area (Å²) in [6.07, 6.45) is 9.51. The van der Waals surface area contributed by atoms with Crippen LogP contribution in [0, 0.1) is 0 Å². The quantitative estimate of drug-likeness (QED) is 0.896. The first-order valence-electron chi connectivity index (χ1n) is 8.09. The van der Waals surface area contributed by atoms with Gasteiger partial charge in [0.1, 0.15) is 6.10 Å². The minimum atomic E-state index is -0.454. The zero-order valence-corrected chi connectivity index (χ0v) is 12.5. The fraction of sp³-hybridized carbons (Fsp3) is 0.867. The van der Waals surface area contributed by atoms with Crippen LogP contribution in [0.25, 0.3) is 0 Å². The molecule has 2 heterocycles. The number of rotatable bonds is 5. The van der Waals surface area contributed by atoms with Gasteiger partial charge in [-0.1, -0.05) is 25.0 Å². The molecule has 112 valence electrons. The largest absolute Gasteiger partial charge is 0.385 e. The first-order chi connectivity index (χ1) is 9.78. The Balaban J connectivity index is 1.88. The van der Waals surface area contributed by atoms with Gasteiger partial charge >= 0.3 is 0 Å². The SMILES string of the molecule is CCCn1nncc1C(O)C1(N2CCCC2)CCCC1. The second kappa shape index (κ2) is 5.82. The van der Waals surface area contributed by atoms with Crippen LogP contribution in [0.2, 0.25) is 0 Å². The molecular weight excluding hydrogens is 252 g/mol. The molecule has 3 rings (SSSR count). The van der Waals surface area contributed by atoms with E-state index in [1.165, 1.54) is 25.7 Å². The lowest BCUT2D eigenvalue weighted by molar-refractivity contribution is -0.0242. The molecule has 0 amide bonds. The van der Waals surface area contributed by atoms with Gasteiger partial charge in [0.15, 0.2) is 0 Å². The Morgan fingerprint density at radius 2 is 1.95 bits per heavy atom. The summed E-state index contributed by atoms with van der Waals surface area (Å²) in [5, 5.41) is 19.3. The first kappa shape index (κ1) is 14.0. The summed E-state index contributed by atoms with van der Waals surface area (Å²) in [6.45, 7) is 5.23. The van der Waals surface area contributed by atoms with Gasteiger partial charge in [-0.25, -0.2) is 4.68 Å². The summed E-state index contributed by atoms with van der Waals surface area (Å²) < 4.78 is 1.89. The summed E-state index contributed by atoms with van der Waals surface area (Å²) >= 11 is 0. The topological polar surface area (TPSA) is 54.2 Å². The van der Waals surface area contributed by atoms with Crippen LogP contribution in [0.3, 0.4) is 0 Å². The van der Waals surface area contributed by atoms with Crippen molar-refractivity contribution in [2.24, 2.45) is 0 Å². The second-order valence-electron chi connectivity index (χ2n) is 6.29. The standard InChI is InChI=1S/C15H26N4O/c1-2-9-19-13(12-16-17-19)14(20)15(7-3-4-8-15)18-10-5-6-11-18/h12,14,20H,2-11H2,1H3. The lowest BCUT2D eigenvalue weighted by Gasteiger charge is -2.42. The van der Waals surface area contributed by atoms with Crippen LogP contribution in [0.4, 0.5) is 0 Å². The number of aliphatic hydroxyl groups is 1. The number of nitrogens with zero attached hydrogens (tertiary/aromatic N) is 4. The minimum Gasteiger partial charge on any atom is -0.385 e. The molecule has 1 aliphatic heterocycles. The predicted molar refractivity (Wildman–Crippen MR) is 77.3 cm³/mol. The highest BCUT2D eigenvalue weighted by atomic mass is 16.3. The highest BCUT2D eigenvalue weighted by Gasteiger charge is 2.47. The molecule has 0 radical (unpaired) electrons. The summed E-state index contributed by atoms with van der Waals surface area (Å²) in [5.74, 6) is 0. The van der Waals surface area contributed by atoms with Crippen molar-refractivity contribution in [3.63, 3.8) is 0 Å². The molecule has 0 spiro atoms. The summed E-state index contributed by atoms with van der Waals surface area (Å²) in [6, 6.07) is 0. The van der Waals surface area contributed by atoms with Crippen LogP contribution >= 0.6 is 0 Å². The molecular formula is C15H26N4O.